The molecule has 2 heterocycles. The van der Waals surface area contributed by atoms with E-state index >= 15 is 0 Å². The van der Waals surface area contributed by atoms with Crippen molar-refractivity contribution in [1.29, 1.82) is 0 Å². The van der Waals surface area contributed by atoms with Gasteiger partial charge in [0.1, 0.15) is 17.8 Å². The average Bonchev–Trinajstić information content (AvgIpc) is 2.85. The van der Waals surface area contributed by atoms with E-state index in [-0.39, 0.29) is 5.56 Å². The van der Waals surface area contributed by atoms with Gasteiger partial charge in [0.25, 0.3) is 0 Å². The number of phenols is 1. The second-order valence-corrected chi connectivity index (χ2v) is 4.21. The zero-order chi connectivity index (χ0) is 14.3. The number of nitrogens with zero attached hydrogens (tertiary/aromatic N) is 3. The van der Waals surface area contributed by atoms with Crippen molar-refractivity contribution in [2.75, 3.05) is 0 Å². The Labute approximate surface area is 111 Å². The summed E-state index contributed by atoms with van der Waals surface area (Å²) < 4.78 is 39.4. The average molecular weight is 279 g/mol. The van der Waals surface area contributed by atoms with E-state index in [1.807, 2.05) is 0 Å². The zero-order valence-corrected chi connectivity index (χ0v) is 9.96. The number of hydrogen-bond donors (Lipinski definition) is 1. The van der Waals surface area contributed by atoms with E-state index < -0.39 is 17.5 Å². The molecule has 0 fully saturated rings. The molecule has 0 aliphatic rings. The number of aromatic nitrogens is 3. The molecule has 0 spiro atoms. The van der Waals surface area contributed by atoms with Gasteiger partial charge in [-0.1, -0.05) is 0 Å². The van der Waals surface area contributed by atoms with Crippen LogP contribution < -0.4 is 0 Å². The standard InChI is InChI=1S/C13H8F3N3O/c14-13(15,16)8-3-4-9(11(20)6-8)12-10-2-1-5-19(10)7-17-18-12/h1-7,20H. The molecule has 0 saturated heterocycles. The smallest absolute Gasteiger partial charge is 0.416 e. The molecule has 0 amide bonds. The summed E-state index contributed by atoms with van der Waals surface area (Å²) >= 11 is 0. The Bertz CT molecular complexity index is 780. The number of benzene rings is 1. The van der Waals surface area contributed by atoms with Gasteiger partial charge < -0.3 is 9.51 Å². The largest absolute Gasteiger partial charge is 0.507 e. The molecular weight excluding hydrogens is 271 g/mol. The lowest BCUT2D eigenvalue weighted by Crippen LogP contribution is -2.04. The lowest BCUT2D eigenvalue weighted by atomic mass is 10.1. The maximum Gasteiger partial charge on any atom is 0.416 e. The number of aromatic hydroxyl groups is 1. The third-order valence-electron chi connectivity index (χ3n) is 2.94. The van der Waals surface area contributed by atoms with E-state index in [4.69, 9.17) is 0 Å². The molecule has 0 unspecified atom stereocenters. The van der Waals surface area contributed by atoms with Gasteiger partial charge in [0.15, 0.2) is 0 Å². The molecule has 4 nitrogen and oxygen atoms in total. The fourth-order valence-corrected chi connectivity index (χ4v) is 1.99. The highest BCUT2D eigenvalue weighted by Gasteiger charge is 2.31. The Kier molecular flexibility index (Phi) is 2.63. The van der Waals surface area contributed by atoms with E-state index in [1.54, 1.807) is 22.7 Å². The van der Waals surface area contributed by atoms with Gasteiger partial charge in [-0.25, -0.2) is 0 Å². The summed E-state index contributed by atoms with van der Waals surface area (Å²) in [5, 5.41) is 17.5. The monoisotopic (exact) mass is 279 g/mol. The molecular formula is C13H8F3N3O. The van der Waals surface area contributed by atoms with Gasteiger partial charge in [0.05, 0.1) is 11.1 Å². The van der Waals surface area contributed by atoms with Crippen molar-refractivity contribution in [1.82, 2.24) is 14.6 Å². The van der Waals surface area contributed by atoms with Crippen LogP contribution in [0.4, 0.5) is 13.2 Å². The van der Waals surface area contributed by atoms with Crippen LogP contribution >= 0.6 is 0 Å². The molecule has 1 N–H and O–H groups in total. The number of phenolic OH excluding ortho intramolecular Hbond substituents is 1. The van der Waals surface area contributed by atoms with Crippen LogP contribution in [0.2, 0.25) is 0 Å². The molecule has 0 radical (unpaired) electrons. The topological polar surface area (TPSA) is 50.4 Å². The highest BCUT2D eigenvalue weighted by atomic mass is 19.4. The van der Waals surface area contributed by atoms with Gasteiger partial charge in [-0.2, -0.15) is 13.2 Å². The maximum atomic E-state index is 12.6. The normalized spacial score (nSPS) is 11.9. The van der Waals surface area contributed by atoms with Gasteiger partial charge in [-0.3, -0.25) is 0 Å². The van der Waals surface area contributed by atoms with E-state index in [9.17, 15) is 18.3 Å². The summed E-state index contributed by atoms with van der Waals surface area (Å²) in [6.07, 6.45) is -1.29. The second-order valence-electron chi connectivity index (χ2n) is 4.21. The molecule has 0 bridgehead atoms. The first kappa shape index (κ1) is 12.5. The van der Waals surface area contributed by atoms with Crippen LogP contribution in [0.15, 0.2) is 42.9 Å². The van der Waals surface area contributed by atoms with Gasteiger partial charge >= 0.3 is 6.18 Å². The number of fused-ring (bicyclic) bond motifs is 1. The molecule has 2 aromatic heterocycles. The third kappa shape index (κ3) is 1.97. The van der Waals surface area contributed by atoms with Crippen molar-refractivity contribution in [3.63, 3.8) is 0 Å². The Morgan fingerprint density at radius 3 is 2.65 bits per heavy atom. The van der Waals surface area contributed by atoms with Crippen molar-refractivity contribution in [2.45, 2.75) is 6.18 Å². The zero-order valence-electron chi connectivity index (χ0n) is 9.96. The molecule has 1 aromatic carbocycles. The Morgan fingerprint density at radius 1 is 1.15 bits per heavy atom. The molecule has 3 aromatic rings. The molecule has 0 aliphatic heterocycles. The van der Waals surface area contributed by atoms with E-state index in [0.29, 0.717) is 17.3 Å². The molecule has 0 saturated carbocycles. The summed E-state index contributed by atoms with van der Waals surface area (Å²) in [6.45, 7) is 0. The van der Waals surface area contributed by atoms with Gasteiger partial charge in [0, 0.05) is 11.8 Å². The highest BCUT2D eigenvalue weighted by Crippen LogP contribution is 2.36. The molecule has 102 valence electrons. The Balaban J connectivity index is 2.18. The second kappa shape index (κ2) is 4.22. The van der Waals surface area contributed by atoms with Gasteiger partial charge in [-0.15, -0.1) is 10.2 Å². The lowest BCUT2D eigenvalue weighted by Gasteiger charge is -2.10. The van der Waals surface area contributed by atoms with E-state index in [2.05, 4.69) is 10.2 Å². The van der Waals surface area contributed by atoms with E-state index in [1.165, 1.54) is 12.4 Å². The summed E-state index contributed by atoms with van der Waals surface area (Å²) in [6, 6.07) is 6.27. The minimum atomic E-state index is -4.50. The first-order valence-corrected chi connectivity index (χ1v) is 5.66. The van der Waals surface area contributed by atoms with Crippen LogP contribution in [0, 0.1) is 0 Å². The van der Waals surface area contributed by atoms with Crippen molar-refractivity contribution < 1.29 is 18.3 Å². The Morgan fingerprint density at radius 2 is 1.95 bits per heavy atom. The predicted molar refractivity (Wildman–Crippen MR) is 65.1 cm³/mol. The fourth-order valence-electron chi connectivity index (χ4n) is 1.99. The van der Waals surface area contributed by atoms with E-state index in [0.717, 1.165) is 6.07 Å². The maximum absolute atomic E-state index is 12.6. The van der Waals surface area contributed by atoms with Crippen LogP contribution in [0.1, 0.15) is 5.56 Å². The van der Waals surface area contributed by atoms with Gasteiger partial charge in [0.2, 0.25) is 0 Å². The number of rotatable bonds is 1. The van der Waals surface area contributed by atoms with Crippen LogP contribution in [0.25, 0.3) is 16.8 Å². The fraction of sp³-hybridized carbons (Fsp3) is 0.0769. The summed E-state index contributed by atoms with van der Waals surface area (Å²) in [4.78, 5) is 0. The summed E-state index contributed by atoms with van der Waals surface area (Å²) in [7, 11) is 0. The van der Waals surface area contributed by atoms with Crippen LogP contribution in [-0.2, 0) is 6.18 Å². The van der Waals surface area contributed by atoms with Crippen molar-refractivity contribution in [3.05, 3.63) is 48.4 Å². The number of alkyl halides is 3. The van der Waals surface area contributed by atoms with Crippen LogP contribution in [0.3, 0.4) is 0 Å². The molecule has 20 heavy (non-hydrogen) atoms. The van der Waals surface area contributed by atoms with Crippen LogP contribution in [0.5, 0.6) is 5.75 Å². The lowest BCUT2D eigenvalue weighted by molar-refractivity contribution is -0.137. The van der Waals surface area contributed by atoms with Crippen molar-refractivity contribution in [3.8, 4) is 17.0 Å². The van der Waals surface area contributed by atoms with Crippen molar-refractivity contribution >= 4 is 5.52 Å². The van der Waals surface area contributed by atoms with Gasteiger partial charge in [-0.05, 0) is 30.3 Å². The van der Waals surface area contributed by atoms with Crippen molar-refractivity contribution in [2.24, 2.45) is 0 Å². The third-order valence-corrected chi connectivity index (χ3v) is 2.94. The quantitative estimate of drug-likeness (QED) is 0.744. The summed E-state index contributed by atoms with van der Waals surface area (Å²) in [5.41, 5.74) is 0.266. The number of hydrogen-bond acceptors (Lipinski definition) is 3. The van der Waals surface area contributed by atoms with Crippen LogP contribution in [-0.4, -0.2) is 19.7 Å². The molecule has 0 atom stereocenters. The Hall–Kier alpha value is -2.57. The SMILES string of the molecule is Oc1cc(C(F)(F)F)ccc1-c1nncn2cccc12. The minimum absolute atomic E-state index is 0.204. The summed E-state index contributed by atoms with van der Waals surface area (Å²) in [5.74, 6) is -0.483. The molecule has 0 aliphatic carbocycles. The first-order chi connectivity index (χ1) is 9.47. The molecule has 7 heteroatoms. The predicted octanol–water partition coefficient (Wildman–Crippen LogP) is 3.12. The highest BCUT2D eigenvalue weighted by molar-refractivity contribution is 5.80. The minimum Gasteiger partial charge on any atom is -0.507 e. The molecule has 3 rings (SSSR count). The number of halogens is 3. The first-order valence-electron chi connectivity index (χ1n) is 5.66.